The van der Waals surface area contributed by atoms with Crippen molar-refractivity contribution >= 4 is 33.2 Å². The van der Waals surface area contributed by atoms with Crippen LogP contribution in [0.25, 0.3) is 0 Å². The number of hydrogen-bond donors (Lipinski definition) is 1. The van der Waals surface area contributed by atoms with Gasteiger partial charge >= 0.3 is 0 Å². The highest BCUT2D eigenvalue weighted by molar-refractivity contribution is 7.92. The maximum absolute atomic E-state index is 13.5. The van der Waals surface area contributed by atoms with E-state index in [9.17, 15) is 13.2 Å². The van der Waals surface area contributed by atoms with Crippen molar-refractivity contribution in [1.82, 2.24) is 10.2 Å². The Hall–Kier alpha value is -2.29. The fraction of sp³-hybridized carbons (Fsp3) is 0.480. The molecule has 2 aromatic rings. The van der Waals surface area contributed by atoms with Crippen molar-refractivity contribution in [2.75, 3.05) is 43.6 Å². The van der Waals surface area contributed by atoms with Crippen molar-refractivity contribution in [3.8, 4) is 5.75 Å². The van der Waals surface area contributed by atoms with Crippen LogP contribution in [0.1, 0.15) is 33.1 Å². The molecule has 0 aromatic heterocycles. The van der Waals surface area contributed by atoms with Crippen LogP contribution in [-0.2, 0) is 14.8 Å². The molecule has 7 nitrogen and oxygen atoms in total. The van der Waals surface area contributed by atoms with E-state index in [4.69, 9.17) is 16.3 Å². The van der Waals surface area contributed by atoms with Gasteiger partial charge in [-0.2, -0.15) is 0 Å². The third-order valence-corrected chi connectivity index (χ3v) is 8.00. The van der Waals surface area contributed by atoms with Crippen LogP contribution in [0, 0.1) is 5.92 Å². The number of amides is 1. The third-order valence-electron chi connectivity index (χ3n) is 5.97. The summed E-state index contributed by atoms with van der Waals surface area (Å²) in [5.41, 5.74) is 0.317. The van der Waals surface area contributed by atoms with Crippen molar-refractivity contribution in [3.05, 3.63) is 53.6 Å². The zero-order valence-electron chi connectivity index (χ0n) is 19.9. The lowest BCUT2D eigenvalue weighted by atomic mass is 9.99. The number of halogens is 1. The van der Waals surface area contributed by atoms with Gasteiger partial charge in [0, 0.05) is 11.6 Å². The Morgan fingerprint density at radius 2 is 1.82 bits per heavy atom. The summed E-state index contributed by atoms with van der Waals surface area (Å²) in [6.45, 7) is 7.73. The SMILES string of the molecule is CCOc1ccccc1N(CC(=O)NCCCN1CCC(C)CC1)S(=O)(=O)c1ccc(Cl)cc1. The molecule has 0 spiro atoms. The number of carbonyl (C=O) groups is 1. The molecule has 1 fully saturated rings. The predicted octanol–water partition coefficient (Wildman–Crippen LogP) is 4.17. The van der Waals surface area contributed by atoms with Gasteiger partial charge in [-0.15, -0.1) is 0 Å². The first-order valence-electron chi connectivity index (χ1n) is 11.8. The van der Waals surface area contributed by atoms with Crippen LogP contribution in [-0.4, -0.2) is 58.6 Å². The van der Waals surface area contributed by atoms with Crippen molar-refractivity contribution in [3.63, 3.8) is 0 Å². The molecular formula is C25H34ClN3O4S. The molecule has 0 aliphatic carbocycles. The van der Waals surface area contributed by atoms with E-state index in [0.29, 0.717) is 29.6 Å². The van der Waals surface area contributed by atoms with E-state index in [0.717, 1.165) is 36.3 Å². The number of benzene rings is 2. The number of para-hydroxylation sites is 2. The Morgan fingerprint density at radius 1 is 1.15 bits per heavy atom. The number of hydrogen-bond acceptors (Lipinski definition) is 5. The van der Waals surface area contributed by atoms with E-state index in [1.54, 1.807) is 24.3 Å². The summed E-state index contributed by atoms with van der Waals surface area (Å²) in [6.07, 6.45) is 3.24. The minimum absolute atomic E-state index is 0.0512. The molecule has 3 rings (SSSR count). The van der Waals surface area contributed by atoms with Gasteiger partial charge in [0.2, 0.25) is 5.91 Å². The zero-order chi connectivity index (χ0) is 24.6. The number of carbonyl (C=O) groups excluding carboxylic acids is 1. The van der Waals surface area contributed by atoms with E-state index in [-0.39, 0.29) is 17.3 Å². The third kappa shape index (κ3) is 7.10. The molecule has 0 radical (unpaired) electrons. The Bertz CT molecular complexity index is 1040. The number of rotatable bonds is 11. The minimum Gasteiger partial charge on any atom is -0.492 e. The van der Waals surface area contributed by atoms with Crippen molar-refractivity contribution in [2.45, 2.75) is 38.0 Å². The Morgan fingerprint density at radius 3 is 2.50 bits per heavy atom. The van der Waals surface area contributed by atoms with Gasteiger partial charge in [0.1, 0.15) is 12.3 Å². The van der Waals surface area contributed by atoms with Crippen molar-refractivity contribution in [2.24, 2.45) is 5.92 Å². The number of ether oxygens (including phenoxy) is 1. The van der Waals surface area contributed by atoms with E-state index in [2.05, 4.69) is 17.1 Å². The average Bonchev–Trinajstić information content (AvgIpc) is 2.82. The fourth-order valence-corrected chi connectivity index (χ4v) is 5.53. The first kappa shape index (κ1) is 26.3. The maximum Gasteiger partial charge on any atom is 0.264 e. The topological polar surface area (TPSA) is 79.0 Å². The molecular weight excluding hydrogens is 474 g/mol. The van der Waals surface area contributed by atoms with E-state index >= 15 is 0 Å². The summed E-state index contributed by atoms with van der Waals surface area (Å²) >= 11 is 5.95. The fourth-order valence-electron chi connectivity index (χ4n) is 3.98. The molecule has 186 valence electrons. The van der Waals surface area contributed by atoms with Gasteiger partial charge in [-0.3, -0.25) is 9.10 Å². The largest absolute Gasteiger partial charge is 0.492 e. The van der Waals surface area contributed by atoms with E-state index in [1.165, 1.54) is 37.1 Å². The summed E-state index contributed by atoms with van der Waals surface area (Å²) in [5.74, 6) is 0.815. The van der Waals surface area contributed by atoms with Crippen LogP contribution < -0.4 is 14.4 Å². The normalized spacial score (nSPS) is 15.1. The maximum atomic E-state index is 13.5. The lowest BCUT2D eigenvalue weighted by Crippen LogP contribution is -2.42. The van der Waals surface area contributed by atoms with E-state index < -0.39 is 10.0 Å². The van der Waals surface area contributed by atoms with Gasteiger partial charge in [-0.1, -0.05) is 30.7 Å². The van der Waals surface area contributed by atoms with Crippen LogP contribution in [0.5, 0.6) is 5.75 Å². The number of piperidine rings is 1. The predicted molar refractivity (Wildman–Crippen MR) is 136 cm³/mol. The Labute approximate surface area is 208 Å². The molecule has 1 aliphatic heterocycles. The Kier molecular flexibility index (Phi) is 9.62. The molecule has 2 aromatic carbocycles. The van der Waals surface area contributed by atoms with Crippen LogP contribution in [0.2, 0.25) is 5.02 Å². The van der Waals surface area contributed by atoms with Crippen LogP contribution in [0.3, 0.4) is 0 Å². The molecule has 0 atom stereocenters. The lowest BCUT2D eigenvalue weighted by Gasteiger charge is -2.30. The van der Waals surface area contributed by atoms with Crippen molar-refractivity contribution in [1.29, 1.82) is 0 Å². The van der Waals surface area contributed by atoms with Gasteiger partial charge in [0.15, 0.2) is 0 Å². The van der Waals surface area contributed by atoms with E-state index in [1.807, 2.05) is 6.92 Å². The van der Waals surface area contributed by atoms with Crippen LogP contribution in [0.4, 0.5) is 5.69 Å². The standard InChI is InChI=1S/C25H34ClN3O4S/c1-3-33-24-8-5-4-7-23(24)29(34(31,32)22-11-9-21(26)10-12-22)19-25(30)27-15-6-16-28-17-13-20(2)14-18-28/h4-5,7-12,20H,3,6,13-19H2,1-2H3,(H,27,30). The quantitative estimate of drug-likeness (QED) is 0.462. The number of sulfonamides is 1. The second-order valence-electron chi connectivity index (χ2n) is 8.59. The summed E-state index contributed by atoms with van der Waals surface area (Å²) in [4.78, 5) is 15.3. The summed E-state index contributed by atoms with van der Waals surface area (Å²) in [6, 6.07) is 12.7. The Balaban J connectivity index is 1.71. The summed E-state index contributed by atoms with van der Waals surface area (Å²) in [5, 5.41) is 3.31. The molecule has 1 heterocycles. The summed E-state index contributed by atoms with van der Waals surface area (Å²) in [7, 11) is -4.03. The number of nitrogens with zero attached hydrogens (tertiary/aromatic N) is 2. The minimum atomic E-state index is -4.03. The number of nitrogens with one attached hydrogen (secondary N) is 1. The van der Waals surface area contributed by atoms with Crippen molar-refractivity contribution < 1.29 is 17.9 Å². The zero-order valence-corrected chi connectivity index (χ0v) is 21.4. The number of anilines is 1. The molecule has 1 saturated heterocycles. The van der Waals surface area contributed by atoms with Gasteiger partial charge in [0.25, 0.3) is 10.0 Å². The summed E-state index contributed by atoms with van der Waals surface area (Å²) < 4.78 is 33.8. The monoisotopic (exact) mass is 507 g/mol. The molecule has 9 heteroatoms. The lowest BCUT2D eigenvalue weighted by molar-refractivity contribution is -0.119. The van der Waals surface area contributed by atoms with Gasteiger partial charge in [0.05, 0.1) is 17.2 Å². The molecule has 1 N–H and O–H groups in total. The molecule has 1 amide bonds. The average molecular weight is 508 g/mol. The highest BCUT2D eigenvalue weighted by Gasteiger charge is 2.29. The second kappa shape index (κ2) is 12.4. The first-order valence-corrected chi connectivity index (χ1v) is 13.6. The molecule has 34 heavy (non-hydrogen) atoms. The first-order chi connectivity index (χ1) is 16.3. The number of likely N-dealkylation sites (tertiary alicyclic amines) is 1. The molecule has 0 unspecified atom stereocenters. The van der Waals surface area contributed by atoms with Gasteiger partial charge in [-0.25, -0.2) is 8.42 Å². The molecule has 1 aliphatic rings. The molecule has 0 bridgehead atoms. The van der Waals surface area contributed by atoms with Crippen LogP contribution >= 0.6 is 11.6 Å². The second-order valence-corrected chi connectivity index (χ2v) is 10.9. The smallest absolute Gasteiger partial charge is 0.264 e. The van der Waals surface area contributed by atoms with Gasteiger partial charge < -0.3 is 15.0 Å². The van der Waals surface area contributed by atoms with Gasteiger partial charge in [-0.05, 0) is 88.1 Å². The molecule has 0 saturated carbocycles. The highest BCUT2D eigenvalue weighted by atomic mass is 35.5. The van der Waals surface area contributed by atoms with Crippen LogP contribution in [0.15, 0.2) is 53.4 Å². The highest BCUT2D eigenvalue weighted by Crippen LogP contribution is 2.32.